The molecule has 0 heterocycles. The minimum Gasteiger partial charge on any atom is -0.495 e. The van der Waals surface area contributed by atoms with Crippen molar-refractivity contribution in [3.8, 4) is 5.75 Å². The minimum absolute atomic E-state index is 0.183. The van der Waals surface area contributed by atoms with Gasteiger partial charge in [0.1, 0.15) is 5.75 Å². The lowest BCUT2D eigenvalue weighted by atomic mass is 10.1. The summed E-state index contributed by atoms with van der Waals surface area (Å²) in [7, 11) is -1.96. The van der Waals surface area contributed by atoms with E-state index in [-0.39, 0.29) is 17.2 Å². The molecule has 0 aromatic heterocycles. The molecular weight excluding hydrogens is 388 g/mol. The van der Waals surface area contributed by atoms with Crippen LogP contribution < -0.4 is 14.8 Å². The first-order valence-electron chi connectivity index (χ1n) is 8.57. The number of methoxy groups -OCH3 is 1. The summed E-state index contributed by atoms with van der Waals surface area (Å²) in [6.45, 7) is 2.30. The predicted molar refractivity (Wildman–Crippen MR) is 107 cm³/mol. The molecule has 2 aromatic carbocycles. The van der Waals surface area contributed by atoms with Crippen molar-refractivity contribution in [2.24, 2.45) is 0 Å². The Hall–Kier alpha value is -2.09. The van der Waals surface area contributed by atoms with Crippen molar-refractivity contribution in [2.75, 3.05) is 19.0 Å². The van der Waals surface area contributed by atoms with Gasteiger partial charge in [-0.2, -0.15) is 0 Å². The van der Waals surface area contributed by atoms with Crippen molar-refractivity contribution in [3.63, 3.8) is 0 Å². The lowest BCUT2D eigenvalue weighted by molar-refractivity contribution is -0.116. The van der Waals surface area contributed by atoms with Crippen molar-refractivity contribution in [1.82, 2.24) is 4.72 Å². The standard InChI is InChI=1S/C19H23ClN2O4S/c1-3-12-21-27(24,25)16-8-4-14(5-9-16)6-11-19(23)22-17-13-15(20)7-10-18(17)26-2/h4-5,7-10,13,21H,3,6,11-12H2,1-2H3,(H,22,23). The number of hydrogen-bond donors (Lipinski definition) is 2. The van der Waals surface area contributed by atoms with Crippen LogP contribution in [-0.4, -0.2) is 28.0 Å². The summed E-state index contributed by atoms with van der Waals surface area (Å²) in [4.78, 5) is 12.4. The second kappa shape index (κ2) is 9.73. The molecule has 0 saturated carbocycles. The Bertz CT molecular complexity index is 883. The zero-order chi connectivity index (χ0) is 19.9. The fourth-order valence-electron chi connectivity index (χ4n) is 2.40. The topological polar surface area (TPSA) is 84.5 Å². The van der Waals surface area contributed by atoms with Gasteiger partial charge < -0.3 is 10.1 Å². The number of carbonyl (C=O) groups is 1. The lowest BCUT2D eigenvalue weighted by Gasteiger charge is -2.11. The average molecular weight is 411 g/mol. The van der Waals surface area contributed by atoms with Crippen LogP contribution in [0.2, 0.25) is 5.02 Å². The first-order valence-corrected chi connectivity index (χ1v) is 10.4. The zero-order valence-electron chi connectivity index (χ0n) is 15.3. The third kappa shape index (κ3) is 6.23. The van der Waals surface area contributed by atoms with Gasteiger partial charge in [-0.15, -0.1) is 0 Å². The monoisotopic (exact) mass is 410 g/mol. The van der Waals surface area contributed by atoms with Crippen LogP contribution >= 0.6 is 11.6 Å². The van der Waals surface area contributed by atoms with E-state index < -0.39 is 10.0 Å². The molecule has 27 heavy (non-hydrogen) atoms. The Morgan fingerprint density at radius 1 is 1.15 bits per heavy atom. The largest absolute Gasteiger partial charge is 0.495 e. The molecule has 2 rings (SSSR count). The maximum Gasteiger partial charge on any atom is 0.240 e. The molecule has 2 N–H and O–H groups in total. The summed E-state index contributed by atoms with van der Waals surface area (Å²) in [5.41, 5.74) is 1.39. The highest BCUT2D eigenvalue weighted by Gasteiger charge is 2.13. The van der Waals surface area contributed by atoms with Crippen molar-refractivity contribution in [1.29, 1.82) is 0 Å². The van der Waals surface area contributed by atoms with Crippen molar-refractivity contribution in [2.45, 2.75) is 31.1 Å². The number of carbonyl (C=O) groups excluding carboxylic acids is 1. The molecule has 0 aliphatic rings. The van der Waals surface area contributed by atoms with Gasteiger partial charge in [-0.1, -0.05) is 30.7 Å². The fraction of sp³-hybridized carbons (Fsp3) is 0.316. The van der Waals surface area contributed by atoms with Gasteiger partial charge in [0.15, 0.2) is 0 Å². The number of ether oxygens (including phenoxy) is 1. The third-order valence-corrected chi connectivity index (χ3v) is 5.56. The SMILES string of the molecule is CCCNS(=O)(=O)c1ccc(CCC(=O)Nc2cc(Cl)ccc2OC)cc1. The fourth-order valence-corrected chi connectivity index (χ4v) is 3.71. The molecule has 0 atom stereocenters. The first-order chi connectivity index (χ1) is 12.9. The average Bonchev–Trinajstić information content (AvgIpc) is 2.65. The first kappa shape index (κ1) is 21.2. The summed E-state index contributed by atoms with van der Waals surface area (Å²) >= 11 is 5.95. The van der Waals surface area contributed by atoms with Gasteiger partial charge in [0.2, 0.25) is 15.9 Å². The van der Waals surface area contributed by atoms with Crippen LogP contribution in [0.15, 0.2) is 47.4 Å². The summed E-state index contributed by atoms with van der Waals surface area (Å²) in [6.07, 6.45) is 1.46. The Labute approximate surface area is 164 Å². The molecule has 6 nitrogen and oxygen atoms in total. The van der Waals surface area contributed by atoms with E-state index >= 15 is 0 Å². The highest BCUT2D eigenvalue weighted by Crippen LogP contribution is 2.27. The Kier molecular flexibility index (Phi) is 7.65. The lowest BCUT2D eigenvalue weighted by Crippen LogP contribution is -2.24. The number of rotatable bonds is 9. The van der Waals surface area contributed by atoms with Crippen LogP contribution in [0.5, 0.6) is 5.75 Å². The molecule has 146 valence electrons. The molecule has 0 unspecified atom stereocenters. The van der Waals surface area contributed by atoms with Crippen LogP contribution in [0, 0.1) is 0 Å². The van der Waals surface area contributed by atoms with E-state index in [0.717, 1.165) is 12.0 Å². The normalized spacial score (nSPS) is 11.2. The molecule has 0 spiro atoms. The number of amides is 1. The number of halogens is 1. The van der Waals surface area contributed by atoms with E-state index in [1.807, 2.05) is 6.92 Å². The van der Waals surface area contributed by atoms with E-state index in [0.29, 0.717) is 29.4 Å². The number of sulfonamides is 1. The van der Waals surface area contributed by atoms with Gasteiger partial charge in [0.05, 0.1) is 17.7 Å². The zero-order valence-corrected chi connectivity index (χ0v) is 16.9. The molecule has 0 radical (unpaired) electrons. The van der Waals surface area contributed by atoms with Crippen LogP contribution in [0.1, 0.15) is 25.3 Å². The van der Waals surface area contributed by atoms with Gasteiger partial charge in [-0.25, -0.2) is 13.1 Å². The summed E-state index contributed by atoms with van der Waals surface area (Å²) < 4.78 is 31.8. The van der Waals surface area contributed by atoms with Gasteiger partial charge in [-0.3, -0.25) is 4.79 Å². The quantitative estimate of drug-likeness (QED) is 0.661. The number of nitrogens with one attached hydrogen (secondary N) is 2. The molecule has 8 heteroatoms. The molecule has 0 aliphatic heterocycles. The Balaban J connectivity index is 1.95. The smallest absolute Gasteiger partial charge is 0.240 e. The summed E-state index contributed by atoms with van der Waals surface area (Å²) in [5.74, 6) is 0.346. The number of anilines is 1. The molecule has 2 aromatic rings. The Morgan fingerprint density at radius 2 is 1.85 bits per heavy atom. The second-order valence-electron chi connectivity index (χ2n) is 5.93. The number of benzene rings is 2. The number of aryl methyl sites for hydroxylation is 1. The van der Waals surface area contributed by atoms with Crippen molar-refractivity contribution in [3.05, 3.63) is 53.1 Å². The summed E-state index contributed by atoms with van der Waals surface area (Å²) in [6, 6.07) is 11.5. The second-order valence-corrected chi connectivity index (χ2v) is 8.14. The van der Waals surface area contributed by atoms with E-state index in [9.17, 15) is 13.2 Å². The van der Waals surface area contributed by atoms with Gasteiger partial charge >= 0.3 is 0 Å². The number of hydrogen-bond acceptors (Lipinski definition) is 4. The molecular formula is C19H23ClN2O4S. The predicted octanol–water partition coefficient (Wildman–Crippen LogP) is 3.61. The van der Waals surface area contributed by atoms with Crippen molar-refractivity contribution < 1.29 is 17.9 Å². The maximum atomic E-state index is 12.2. The van der Waals surface area contributed by atoms with Gasteiger partial charge in [0.25, 0.3) is 0 Å². The molecule has 0 fully saturated rings. The van der Waals surface area contributed by atoms with Crippen LogP contribution in [-0.2, 0) is 21.2 Å². The third-order valence-electron chi connectivity index (χ3n) is 3.85. The van der Waals surface area contributed by atoms with E-state index in [2.05, 4.69) is 10.0 Å². The van der Waals surface area contributed by atoms with E-state index in [4.69, 9.17) is 16.3 Å². The van der Waals surface area contributed by atoms with E-state index in [1.54, 1.807) is 42.5 Å². The molecule has 1 amide bonds. The Morgan fingerprint density at radius 3 is 2.48 bits per heavy atom. The molecule has 0 bridgehead atoms. The summed E-state index contributed by atoms with van der Waals surface area (Å²) in [5, 5.41) is 3.28. The van der Waals surface area contributed by atoms with E-state index in [1.165, 1.54) is 7.11 Å². The van der Waals surface area contributed by atoms with Crippen LogP contribution in [0.25, 0.3) is 0 Å². The highest BCUT2D eigenvalue weighted by atomic mass is 35.5. The van der Waals surface area contributed by atoms with Gasteiger partial charge in [-0.05, 0) is 48.7 Å². The molecule has 0 saturated heterocycles. The maximum absolute atomic E-state index is 12.2. The molecule has 0 aliphatic carbocycles. The minimum atomic E-state index is -3.48. The highest BCUT2D eigenvalue weighted by molar-refractivity contribution is 7.89. The van der Waals surface area contributed by atoms with Crippen molar-refractivity contribution >= 4 is 33.2 Å². The van der Waals surface area contributed by atoms with Crippen LogP contribution in [0.4, 0.5) is 5.69 Å². The van der Waals surface area contributed by atoms with Gasteiger partial charge in [0, 0.05) is 18.0 Å². The van der Waals surface area contributed by atoms with Crippen LogP contribution in [0.3, 0.4) is 0 Å².